The van der Waals surface area contributed by atoms with Crippen molar-refractivity contribution >= 4 is 22.8 Å². The average molecular weight is 362 g/mol. The molecule has 2 aromatic carbocycles. The first-order valence-electron chi connectivity index (χ1n) is 9.26. The minimum atomic E-state index is -0.209. The third kappa shape index (κ3) is 3.84. The zero-order valence-electron chi connectivity index (χ0n) is 15.0. The van der Waals surface area contributed by atoms with Crippen molar-refractivity contribution in [3.8, 4) is 0 Å². The van der Waals surface area contributed by atoms with Crippen LogP contribution in [0.15, 0.2) is 59.4 Å². The predicted molar refractivity (Wildman–Crippen MR) is 106 cm³/mol. The van der Waals surface area contributed by atoms with Gasteiger partial charge in [0.1, 0.15) is 0 Å². The third-order valence-electron chi connectivity index (χ3n) is 4.98. The monoisotopic (exact) mass is 362 g/mol. The van der Waals surface area contributed by atoms with Crippen molar-refractivity contribution in [2.24, 2.45) is 5.92 Å². The molecule has 1 atom stereocenters. The molecule has 2 heterocycles. The highest BCUT2D eigenvalue weighted by atomic mass is 16.2. The fraction of sp³-hybridized carbons (Fsp3) is 0.286. The number of hydrogen-bond acceptors (Lipinski definition) is 4. The fourth-order valence-electron chi connectivity index (χ4n) is 3.55. The standard InChI is InChI=1S/C21H22N4O2/c26-20(22-13-15-7-2-1-3-8-15)16-9-6-12-25(14-16)19-21(27)24-18-11-5-4-10-17(18)23-19/h1-5,7-8,10-11,16H,6,9,12-14H2,(H,22,26)(H,24,27)/t16-/m0/s1. The minimum Gasteiger partial charge on any atom is -0.352 e. The van der Waals surface area contributed by atoms with Crippen LogP contribution in [0.1, 0.15) is 18.4 Å². The van der Waals surface area contributed by atoms with Crippen LogP contribution in [0.25, 0.3) is 11.0 Å². The predicted octanol–water partition coefficient (Wildman–Crippen LogP) is 2.46. The molecule has 0 spiro atoms. The number of H-pyrrole nitrogens is 1. The lowest BCUT2D eigenvalue weighted by molar-refractivity contribution is -0.125. The van der Waals surface area contributed by atoms with Gasteiger partial charge in [-0.05, 0) is 30.5 Å². The molecule has 1 saturated heterocycles. The van der Waals surface area contributed by atoms with Gasteiger partial charge in [-0.2, -0.15) is 0 Å². The largest absolute Gasteiger partial charge is 0.352 e. The molecule has 1 aliphatic heterocycles. The number of piperidine rings is 1. The van der Waals surface area contributed by atoms with E-state index >= 15 is 0 Å². The molecular formula is C21H22N4O2. The number of carbonyl (C=O) groups is 1. The Kier molecular flexibility index (Phi) is 4.87. The number of fused-ring (bicyclic) bond motifs is 1. The van der Waals surface area contributed by atoms with Crippen molar-refractivity contribution in [2.75, 3.05) is 18.0 Å². The molecule has 0 unspecified atom stereocenters. The number of benzene rings is 2. The highest BCUT2D eigenvalue weighted by molar-refractivity contribution is 5.80. The summed E-state index contributed by atoms with van der Waals surface area (Å²) in [5.74, 6) is 0.283. The van der Waals surface area contributed by atoms with Crippen molar-refractivity contribution in [1.29, 1.82) is 0 Å². The van der Waals surface area contributed by atoms with Crippen LogP contribution >= 0.6 is 0 Å². The SMILES string of the molecule is O=C(NCc1ccccc1)[C@H]1CCCN(c2nc3ccccc3[nH]c2=O)C1. The van der Waals surface area contributed by atoms with Gasteiger partial charge in [-0.3, -0.25) is 9.59 Å². The zero-order chi connectivity index (χ0) is 18.6. The Morgan fingerprint density at radius 1 is 1.15 bits per heavy atom. The van der Waals surface area contributed by atoms with Gasteiger partial charge in [0.25, 0.3) is 5.56 Å². The summed E-state index contributed by atoms with van der Waals surface area (Å²) in [5.41, 5.74) is 2.34. The number of rotatable bonds is 4. The van der Waals surface area contributed by atoms with Crippen LogP contribution in [0.3, 0.4) is 0 Å². The Morgan fingerprint density at radius 2 is 1.93 bits per heavy atom. The average Bonchev–Trinajstić information content (AvgIpc) is 2.72. The number of anilines is 1. The van der Waals surface area contributed by atoms with Crippen molar-refractivity contribution in [2.45, 2.75) is 19.4 Å². The summed E-state index contributed by atoms with van der Waals surface area (Å²) in [6.07, 6.45) is 1.68. The molecule has 1 aliphatic rings. The van der Waals surface area contributed by atoms with E-state index in [2.05, 4.69) is 15.3 Å². The highest BCUT2D eigenvalue weighted by Gasteiger charge is 2.27. The maximum absolute atomic E-state index is 12.6. The van der Waals surface area contributed by atoms with Gasteiger partial charge in [0, 0.05) is 19.6 Å². The van der Waals surface area contributed by atoms with Crippen LogP contribution < -0.4 is 15.8 Å². The molecule has 6 nitrogen and oxygen atoms in total. The number of amides is 1. The van der Waals surface area contributed by atoms with Crippen LogP contribution in [-0.2, 0) is 11.3 Å². The van der Waals surface area contributed by atoms with Gasteiger partial charge in [-0.25, -0.2) is 4.98 Å². The lowest BCUT2D eigenvalue weighted by atomic mass is 9.97. The van der Waals surface area contributed by atoms with Crippen LogP contribution in [0.2, 0.25) is 0 Å². The van der Waals surface area contributed by atoms with E-state index in [-0.39, 0.29) is 17.4 Å². The Bertz CT molecular complexity index is 1000. The summed E-state index contributed by atoms with van der Waals surface area (Å²) < 4.78 is 0. The molecule has 1 aromatic heterocycles. The topological polar surface area (TPSA) is 78.1 Å². The maximum Gasteiger partial charge on any atom is 0.291 e. The number of hydrogen-bond donors (Lipinski definition) is 2. The molecule has 1 amide bonds. The van der Waals surface area contributed by atoms with Gasteiger partial charge >= 0.3 is 0 Å². The quantitative estimate of drug-likeness (QED) is 0.747. The van der Waals surface area contributed by atoms with Crippen LogP contribution in [0, 0.1) is 5.92 Å². The van der Waals surface area contributed by atoms with E-state index in [0.29, 0.717) is 18.9 Å². The summed E-state index contributed by atoms with van der Waals surface area (Å²) in [6.45, 7) is 1.76. The molecule has 138 valence electrons. The van der Waals surface area contributed by atoms with E-state index in [9.17, 15) is 9.59 Å². The number of nitrogens with one attached hydrogen (secondary N) is 2. The van der Waals surface area contributed by atoms with Crippen LogP contribution in [0.4, 0.5) is 5.82 Å². The molecule has 1 fully saturated rings. The Morgan fingerprint density at radius 3 is 2.78 bits per heavy atom. The van der Waals surface area contributed by atoms with Crippen LogP contribution in [0.5, 0.6) is 0 Å². The first-order chi connectivity index (χ1) is 13.2. The zero-order valence-corrected chi connectivity index (χ0v) is 15.0. The fourth-order valence-corrected chi connectivity index (χ4v) is 3.55. The molecule has 0 saturated carbocycles. The second kappa shape index (κ2) is 7.61. The third-order valence-corrected chi connectivity index (χ3v) is 4.98. The van der Waals surface area contributed by atoms with E-state index in [4.69, 9.17) is 0 Å². The summed E-state index contributed by atoms with van der Waals surface area (Å²) in [5, 5.41) is 3.01. The van der Waals surface area contributed by atoms with Gasteiger partial charge in [0.05, 0.1) is 17.0 Å². The van der Waals surface area contributed by atoms with E-state index in [0.717, 1.165) is 36.0 Å². The van der Waals surface area contributed by atoms with Crippen LogP contribution in [-0.4, -0.2) is 29.0 Å². The van der Waals surface area contributed by atoms with Crippen molar-refractivity contribution in [1.82, 2.24) is 15.3 Å². The van der Waals surface area contributed by atoms with Crippen molar-refractivity contribution < 1.29 is 4.79 Å². The second-order valence-electron chi connectivity index (χ2n) is 6.90. The Balaban J connectivity index is 1.47. The molecule has 3 aromatic rings. The van der Waals surface area contributed by atoms with Gasteiger partial charge < -0.3 is 15.2 Å². The van der Waals surface area contributed by atoms with E-state index in [1.165, 1.54) is 0 Å². The highest BCUT2D eigenvalue weighted by Crippen LogP contribution is 2.21. The van der Waals surface area contributed by atoms with Crippen molar-refractivity contribution in [3.63, 3.8) is 0 Å². The van der Waals surface area contributed by atoms with Gasteiger partial charge in [-0.15, -0.1) is 0 Å². The molecule has 0 aliphatic carbocycles. The molecule has 4 rings (SSSR count). The lowest BCUT2D eigenvalue weighted by Crippen LogP contribution is -2.44. The smallest absolute Gasteiger partial charge is 0.291 e. The summed E-state index contributed by atoms with van der Waals surface area (Å²) in [6, 6.07) is 17.3. The summed E-state index contributed by atoms with van der Waals surface area (Å²) in [7, 11) is 0. The molecule has 6 heteroatoms. The van der Waals surface area contributed by atoms with Crippen molar-refractivity contribution in [3.05, 3.63) is 70.5 Å². The lowest BCUT2D eigenvalue weighted by Gasteiger charge is -2.32. The maximum atomic E-state index is 12.6. The normalized spacial score (nSPS) is 17.0. The Labute approximate surface area is 157 Å². The van der Waals surface area contributed by atoms with Gasteiger partial charge in [0.15, 0.2) is 5.82 Å². The summed E-state index contributed by atoms with van der Waals surface area (Å²) in [4.78, 5) is 34.4. The molecule has 2 N–H and O–H groups in total. The first-order valence-corrected chi connectivity index (χ1v) is 9.26. The number of aromatic nitrogens is 2. The first kappa shape index (κ1) is 17.3. The van der Waals surface area contributed by atoms with Gasteiger partial charge in [-0.1, -0.05) is 42.5 Å². The van der Waals surface area contributed by atoms with E-state index in [1.807, 2.05) is 59.5 Å². The minimum absolute atomic E-state index is 0.0285. The number of aromatic amines is 1. The second-order valence-corrected chi connectivity index (χ2v) is 6.90. The number of carbonyl (C=O) groups excluding carboxylic acids is 1. The molecule has 0 radical (unpaired) electrons. The number of para-hydroxylation sites is 2. The number of nitrogens with zero attached hydrogens (tertiary/aromatic N) is 2. The summed E-state index contributed by atoms with van der Waals surface area (Å²) >= 11 is 0. The molecular weight excluding hydrogens is 340 g/mol. The molecule has 0 bridgehead atoms. The van der Waals surface area contributed by atoms with Gasteiger partial charge in [0.2, 0.25) is 5.91 Å². The van der Waals surface area contributed by atoms with E-state index < -0.39 is 0 Å². The Hall–Kier alpha value is -3.15. The molecule has 27 heavy (non-hydrogen) atoms. The van der Waals surface area contributed by atoms with E-state index in [1.54, 1.807) is 0 Å².